The van der Waals surface area contributed by atoms with Gasteiger partial charge in [-0.2, -0.15) is 10.2 Å². The molecule has 0 saturated heterocycles. The lowest BCUT2D eigenvalue weighted by atomic mass is 10.3. The molecule has 23 heavy (non-hydrogen) atoms. The van der Waals surface area contributed by atoms with Gasteiger partial charge in [0.05, 0.1) is 17.4 Å². The third-order valence-electron chi connectivity index (χ3n) is 2.97. The van der Waals surface area contributed by atoms with Crippen LogP contribution < -0.4 is 10.2 Å². The Kier molecular flexibility index (Phi) is 5.28. The van der Waals surface area contributed by atoms with E-state index in [1.54, 1.807) is 36.2 Å². The third kappa shape index (κ3) is 4.28. The van der Waals surface area contributed by atoms with Gasteiger partial charge in [-0.15, -0.1) is 0 Å². The van der Waals surface area contributed by atoms with Crippen molar-refractivity contribution in [2.24, 2.45) is 0 Å². The summed E-state index contributed by atoms with van der Waals surface area (Å²) in [6, 6.07) is 8.89. The van der Waals surface area contributed by atoms with Crippen molar-refractivity contribution in [1.29, 1.82) is 5.26 Å². The molecule has 0 radical (unpaired) electrons. The maximum absolute atomic E-state index is 11.1. The van der Waals surface area contributed by atoms with Crippen LogP contribution in [0.2, 0.25) is 5.02 Å². The number of nitro groups is 1. The Hall–Kier alpha value is -2.92. The van der Waals surface area contributed by atoms with E-state index in [9.17, 15) is 10.1 Å². The van der Waals surface area contributed by atoms with E-state index >= 15 is 0 Å². The predicted octanol–water partition coefficient (Wildman–Crippen LogP) is 3.13. The van der Waals surface area contributed by atoms with Gasteiger partial charge in [0.2, 0.25) is 11.8 Å². The number of rotatable bonds is 6. The van der Waals surface area contributed by atoms with Gasteiger partial charge in [-0.05, 0) is 24.3 Å². The second kappa shape index (κ2) is 7.38. The lowest BCUT2D eigenvalue weighted by Crippen LogP contribution is -2.21. The molecule has 1 heterocycles. The maximum atomic E-state index is 11.1. The van der Waals surface area contributed by atoms with E-state index in [1.165, 1.54) is 0 Å². The molecule has 9 heteroatoms. The molecule has 0 aliphatic carbocycles. The molecule has 0 spiro atoms. The molecule has 0 aliphatic heterocycles. The fourth-order valence-corrected chi connectivity index (χ4v) is 1.95. The molecular weight excluding hydrogens is 320 g/mol. The minimum absolute atomic E-state index is 0.150. The summed E-state index contributed by atoms with van der Waals surface area (Å²) in [5, 5.41) is 23.3. The number of anilines is 3. The van der Waals surface area contributed by atoms with Crippen LogP contribution in [0.15, 0.2) is 30.5 Å². The lowest BCUT2D eigenvalue weighted by molar-refractivity contribution is -0.384. The molecule has 1 aromatic heterocycles. The second-order valence-electron chi connectivity index (χ2n) is 4.62. The van der Waals surface area contributed by atoms with E-state index in [4.69, 9.17) is 16.9 Å². The largest absolute Gasteiger partial charge is 0.353 e. The first kappa shape index (κ1) is 16.5. The molecule has 0 aliphatic rings. The SMILES string of the molecule is CN(CCC#N)c1nc(Nc2ccc(Cl)cc2)ncc1[N+](=O)[O-]. The van der Waals surface area contributed by atoms with Crippen molar-refractivity contribution in [3.05, 3.63) is 45.6 Å². The first-order valence-electron chi connectivity index (χ1n) is 6.63. The number of benzene rings is 1. The fraction of sp³-hybridized carbons (Fsp3) is 0.214. The summed E-state index contributed by atoms with van der Waals surface area (Å²) in [4.78, 5) is 20.2. The first-order chi connectivity index (χ1) is 11.0. The zero-order chi connectivity index (χ0) is 16.8. The van der Waals surface area contributed by atoms with Gasteiger partial charge in [-0.25, -0.2) is 4.98 Å². The molecule has 0 amide bonds. The van der Waals surface area contributed by atoms with Crippen LogP contribution in [0.5, 0.6) is 0 Å². The van der Waals surface area contributed by atoms with Crippen molar-refractivity contribution >= 4 is 34.7 Å². The normalized spacial score (nSPS) is 9.96. The van der Waals surface area contributed by atoms with Crippen LogP contribution in [0.25, 0.3) is 0 Å². The Morgan fingerprint density at radius 2 is 2.13 bits per heavy atom. The van der Waals surface area contributed by atoms with Crippen molar-refractivity contribution in [2.75, 3.05) is 23.8 Å². The van der Waals surface area contributed by atoms with E-state index in [2.05, 4.69) is 15.3 Å². The first-order valence-corrected chi connectivity index (χ1v) is 7.01. The van der Waals surface area contributed by atoms with Crippen molar-refractivity contribution in [2.45, 2.75) is 6.42 Å². The summed E-state index contributed by atoms with van der Waals surface area (Å²) in [7, 11) is 1.64. The zero-order valence-corrected chi connectivity index (χ0v) is 13.0. The highest BCUT2D eigenvalue weighted by Crippen LogP contribution is 2.26. The fourth-order valence-electron chi connectivity index (χ4n) is 1.82. The topological polar surface area (TPSA) is 108 Å². The number of aromatic nitrogens is 2. The van der Waals surface area contributed by atoms with Crippen LogP contribution in [-0.2, 0) is 0 Å². The standard InChI is InChI=1S/C14H13ClN6O2/c1-20(8-2-7-16)13-12(21(22)23)9-17-14(19-13)18-11-5-3-10(15)4-6-11/h3-6,9H,2,8H2,1H3,(H,17,18,19). The van der Waals surface area contributed by atoms with E-state index in [0.29, 0.717) is 17.3 Å². The molecular formula is C14H13ClN6O2. The minimum atomic E-state index is -0.551. The number of nitrogens with one attached hydrogen (secondary N) is 1. The van der Waals surface area contributed by atoms with E-state index in [0.717, 1.165) is 6.20 Å². The van der Waals surface area contributed by atoms with E-state index < -0.39 is 4.92 Å². The number of halogens is 1. The maximum Gasteiger partial charge on any atom is 0.329 e. The Labute approximate surface area is 137 Å². The lowest BCUT2D eigenvalue weighted by Gasteiger charge is -2.17. The van der Waals surface area contributed by atoms with Crippen LogP contribution in [0, 0.1) is 21.4 Å². The van der Waals surface area contributed by atoms with Gasteiger partial charge in [0.15, 0.2) is 0 Å². The number of nitriles is 1. The van der Waals surface area contributed by atoms with E-state index in [-0.39, 0.29) is 23.9 Å². The second-order valence-corrected chi connectivity index (χ2v) is 5.06. The Morgan fingerprint density at radius 1 is 1.43 bits per heavy atom. The molecule has 1 N–H and O–H groups in total. The van der Waals surface area contributed by atoms with Crippen LogP contribution in [0.3, 0.4) is 0 Å². The van der Waals surface area contributed by atoms with Crippen molar-refractivity contribution in [3.8, 4) is 6.07 Å². The van der Waals surface area contributed by atoms with Crippen molar-refractivity contribution in [3.63, 3.8) is 0 Å². The van der Waals surface area contributed by atoms with Crippen molar-refractivity contribution in [1.82, 2.24) is 9.97 Å². The summed E-state index contributed by atoms with van der Waals surface area (Å²) in [6.45, 7) is 0.328. The molecule has 0 bridgehead atoms. The highest BCUT2D eigenvalue weighted by Gasteiger charge is 2.20. The van der Waals surface area contributed by atoms with Gasteiger partial charge in [0.1, 0.15) is 6.20 Å². The third-order valence-corrected chi connectivity index (χ3v) is 3.22. The van der Waals surface area contributed by atoms with Crippen LogP contribution in [0.4, 0.5) is 23.1 Å². The summed E-state index contributed by atoms with van der Waals surface area (Å²) < 4.78 is 0. The molecule has 0 fully saturated rings. The monoisotopic (exact) mass is 332 g/mol. The summed E-state index contributed by atoms with van der Waals surface area (Å²) >= 11 is 5.82. The quantitative estimate of drug-likeness (QED) is 0.639. The smallest absolute Gasteiger partial charge is 0.329 e. The van der Waals surface area contributed by atoms with E-state index in [1.807, 2.05) is 6.07 Å². The Morgan fingerprint density at radius 3 is 2.74 bits per heavy atom. The molecule has 2 rings (SSSR count). The molecule has 2 aromatic rings. The van der Waals surface area contributed by atoms with Gasteiger partial charge in [0.25, 0.3) is 0 Å². The summed E-state index contributed by atoms with van der Waals surface area (Å²) in [6.07, 6.45) is 1.38. The van der Waals surface area contributed by atoms with Crippen molar-refractivity contribution < 1.29 is 4.92 Å². The van der Waals surface area contributed by atoms with Gasteiger partial charge in [0, 0.05) is 24.3 Å². The highest BCUT2D eigenvalue weighted by atomic mass is 35.5. The predicted molar refractivity (Wildman–Crippen MR) is 86.9 cm³/mol. The van der Waals surface area contributed by atoms with Crippen LogP contribution in [-0.4, -0.2) is 28.5 Å². The van der Waals surface area contributed by atoms with Gasteiger partial charge >= 0.3 is 5.69 Å². The summed E-state index contributed by atoms with van der Waals surface area (Å²) in [5.41, 5.74) is 0.487. The van der Waals surface area contributed by atoms with Gasteiger partial charge < -0.3 is 10.2 Å². The van der Waals surface area contributed by atoms with Crippen LogP contribution in [0.1, 0.15) is 6.42 Å². The van der Waals surface area contributed by atoms with Crippen LogP contribution >= 0.6 is 11.6 Å². The summed E-state index contributed by atoms with van der Waals surface area (Å²) in [5.74, 6) is 0.369. The Balaban J connectivity index is 2.29. The molecule has 0 saturated carbocycles. The molecule has 1 aromatic carbocycles. The highest BCUT2D eigenvalue weighted by molar-refractivity contribution is 6.30. The van der Waals surface area contributed by atoms with Gasteiger partial charge in [-0.1, -0.05) is 11.6 Å². The zero-order valence-electron chi connectivity index (χ0n) is 12.2. The van der Waals surface area contributed by atoms with Gasteiger partial charge in [-0.3, -0.25) is 10.1 Å². The average molecular weight is 333 g/mol. The number of hydrogen-bond donors (Lipinski definition) is 1. The minimum Gasteiger partial charge on any atom is -0.353 e. The average Bonchev–Trinajstić information content (AvgIpc) is 2.54. The Bertz CT molecular complexity index is 744. The number of hydrogen-bond acceptors (Lipinski definition) is 7. The molecule has 118 valence electrons. The molecule has 0 unspecified atom stereocenters. The molecule has 8 nitrogen and oxygen atoms in total. The number of nitrogens with zero attached hydrogens (tertiary/aromatic N) is 5. The molecule has 0 atom stereocenters.